The lowest BCUT2D eigenvalue weighted by atomic mass is 9.94. The summed E-state index contributed by atoms with van der Waals surface area (Å²) in [5.41, 5.74) is 0. The minimum atomic E-state index is -0.879. The first-order chi connectivity index (χ1) is 9.31. The van der Waals surface area contributed by atoms with Crippen LogP contribution in [0.5, 0.6) is 0 Å². The van der Waals surface area contributed by atoms with Crippen LogP contribution in [0.2, 0.25) is 0 Å². The van der Waals surface area contributed by atoms with E-state index in [1.807, 2.05) is 13.8 Å². The van der Waals surface area contributed by atoms with Crippen LogP contribution in [0.25, 0.3) is 0 Å². The molecule has 0 aliphatic carbocycles. The summed E-state index contributed by atoms with van der Waals surface area (Å²) in [4.78, 5) is 26.8. The number of hydrogen-bond acceptors (Lipinski definition) is 3. The minimum absolute atomic E-state index is 0.00378. The standard InChI is InChI=1S/C14H27N3O3/c1-10(2)17(8-6-13(18)19)14(20)15-12-5-7-16(4)9-11(12)3/h10-12H,5-9H2,1-4H3,(H,15,20)(H,18,19). The molecule has 1 saturated heterocycles. The molecule has 2 unspecified atom stereocenters. The first-order valence-corrected chi connectivity index (χ1v) is 7.28. The lowest BCUT2D eigenvalue weighted by Gasteiger charge is -2.37. The van der Waals surface area contributed by atoms with Crippen LogP contribution in [-0.4, -0.2) is 65.7 Å². The number of amides is 2. The second kappa shape index (κ2) is 7.47. The molecule has 2 N–H and O–H groups in total. The fourth-order valence-corrected chi connectivity index (χ4v) is 2.62. The Morgan fingerprint density at radius 3 is 2.60 bits per heavy atom. The van der Waals surface area contributed by atoms with Crippen LogP contribution in [0.4, 0.5) is 4.79 Å². The maximum atomic E-state index is 12.3. The zero-order valence-electron chi connectivity index (χ0n) is 12.9. The topological polar surface area (TPSA) is 72.9 Å². The van der Waals surface area contributed by atoms with Crippen molar-refractivity contribution in [1.29, 1.82) is 0 Å². The van der Waals surface area contributed by atoms with Crippen LogP contribution >= 0.6 is 0 Å². The summed E-state index contributed by atoms with van der Waals surface area (Å²) in [7, 11) is 2.09. The third-order valence-corrected chi connectivity index (χ3v) is 3.87. The lowest BCUT2D eigenvalue weighted by Crippen LogP contribution is -2.54. The number of carboxylic acids is 1. The number of piperidine rings is 1. The van der Waals surface area contributed by atoms with Crippen LogP contribution in [0.15, 0.2) is 0 Å². The molecule has 0 aromatic carbocycles. The first-order valence-electron chi connectivity index (χ1n) is 7.28. The summed E-state index contributed by atoms with van der Waals surface area (Å²) in [6.45, 7) is 8.14. The van der Waals surface area contributed by atoms with Crippen molar-refractivity contribution < 1.29 is 14.7 Å². The largest absolute Gasteiger partial charge is 0.481 e. The van der Waals surface area contributed by atoms with E-state index in [9.17, 15) is 9.59 Å². The molecule has 0 saturated carbocycles. The summed E-state index contributed by atoms with van der Waals surface area (Å²) >= 11 is 0. The highest BCUT2D eigenvalue weighted by atomic mass is 16.4. The van der Waals surface area contributed by atoms with Crippen molar-refractivity contribution in [2.24, 2.45) is 5.92 Å². The molecule has 6 nitrogen and oxygen atoms in total. The third kappa shape index (κ3) is 5.00. The van der Waals surface area contributed by atoms with Gasteiger partial charge in [0.25, 0.3) is 0 Å². The molecule has 0 aromatic heterocycles. The van der Waals surface area contributed by atoms with Gasteiger partial charge in [-0.3, -0.25) is 4.79 Å². The van der Waals surface area contributed by atoms with E-state index in [0.717, 1.165) is 19.5 Å². The number of nitrogens with zero attached hydrogens (tertiary/aromatic N) is 2. The first kappa shape index (κ1) is 16.8. The van der Waals surface area contributed by atoms with Crippen molar-refractivity contribution in [3.63, 3.8) is 0 Å². The smallest absolute Gasteiger partial charge is 0.317 e. The number of carbonyl (C=O) groups excluding carboxylic acids is 1. The summed E-state index contributed by atoms with van der Waals surface area (Å²) < 4.78 is 0. The number of nitrogens with one attached hydrogen (secondary N) is 1. The van der Waals surface area contributed by atoms with Gasteiger partial charge in [-0.25, -0.2) is 4.79 Å². The molecule has 1 rings (SSSR count). The number of urea groups is 1. The molecule has 1 aliphatic rings. The number of hydrogen-bond donors (Lipinski definition) is 2. The molecule has 6 heteroatoms. The lowest BCUT2D eigenvalue weighted by molar-refractivity contribution is -0.137. The van der Waals surface area contributed by atoms with Crippen LogP contribution < -0.4 is 5.32 Å². The number of likely N-dealkylation sites (tertiary alicyclic amines) is 1. The number of rotatable bonds is 5. The normalized spacial score (nSPS) is 23.6. The minimum Gasteiger partial charge on any atom is -0.481 e. The van der Waals surface area contributed by atoms with Crippen molar-refractivity contribution in [1.82, 2.24) is 15.1 Å². The van der Waals surface area contributed by atoms with Crippen molar-refractivity contribution in [3.05, 3.63) is 0 Å². The summed E-state index contributed by atoms with van der Waals surface area (Å²) in [5, 5.41) is 11.8. The average Bonchev–Trinajstić information content (AvgIpc) is 2.32. The predicted molar refractivity (Wildman–Crippen MR) is 77.7 cm³/mol. The third-order valence-electron chi connectivity index (χ3n) is 3.87. The fourth-order valence-electron chi connectivity index (χ4n) is 2.62. The van der Waals surface area contributed by atoms with Gasteiger partial charge in [-0.1, -0.05) is 6.92 Å². The number of aliphatic carboxylic acids is 1. The van der Waals surface area contributed by atoms with Gasteiger partial charge in [0, 0.05) is 25.2 Å². The molecule has 116 valence electrons. The van der Waals surface area contributed by atoms with Crippen molar-refractivity contribution in [3.8, 4) is 0 Å². The number of carboxylic acid groups (broad SMARTS) is 1. The highest BCUT2D eigenvalue weighted by Crippen LogP contribution is 2.16. The van der Waals surface area contributed by atoms with E-state index in [0.29, 0.717) is 5.92 Å². The Bertz CT molecular complexity index is 347. The molecule has 0 spiro atoms. The molecule has 0 bridgehead atoms. The molecule has 1 fully saturated rings. The Labute approximate surface area is 121 Å². The molecule has 2 atom stereocenters. The van der Waals surface area contributed by atoms with Gasteiger partial charge in [-0.2, -0.15) is 0 Å². The second-order valence-corrected chi connectivity index (χ2v) is 6.02. The summed E-state index contributed by atoms with van der Waals surface area (Å²) in [6.07, 6.45) is 0.919. The van der Waals surface area contributed by atoms with Crippen molar-refractivity contribution >= 4 is 12.0 Å². The van der Waals surface area contributed by atoms with Gasteiger partial charge in [0.05, 0.1) is 6.42 Å². The highest BCUT2D eigenvalue weighted by molar-refractivity contribution is 5.76. The molecule has 2 amide bonds. The van der Waals surface area contributed by atoms with Crippen LogP contribution in [-0.2, 0) is 4.79 Å². The van der Waals surface area contributed by atoms with Gasteiger partial charge in [-0.05, 0) is 39.8 Å². The Hall–Kier alpha value is -1.30. The van der Waals surface area contributed by atoms with Gasteiger partial charge < -0.3 is 20.2 Å². The molecule has 1 aliphatic heterocycles. The Morgan fingerprint density at radius 1 is 1.45 bits per heavy atom. The highest BCUT2D eigenvalue weighted by Gasteiger charge is 2.27. The molecular weight excluding hydrogens is 258 g/mol. The van der Waals surface area contributed by atoms with Crippen molar-refractivity contribution in [2.45, 2.75) is 45.7 Å². The maximum Gasteiger partial charge on any atom is 0.317 e. The maximum absolute atomic E-state index is 12.3. The molecule has 20 heavy (non-hydrogen) atoms. The number of carbonyl (C=O) groups is 2. The monoisotopic (exact) mass is 285 g/mol. The molecule has 0 radical (unpaired) electrons. The average molecular weight is 285 g/mol. The van der Waals surface area contributed by atoms with Gasteiger partial charge in [0.15, 0.2) is 0 Å². The van der Waals surface area contributed by atoms with E-state index in [1.54, 1.807) is 4.90 Å². The zero-order valence-corrected chi connectivity index (χ0v) is 12.9. The van der Waals surface area contributed by atoms with E-state index >= 15 is 0 Å². The summed E-state index contributed by atoms with van der Waals surface area (Å²) in [6, 6.07) is 0.0170. The van der Waals surface area contributed by atoms with Crippen LogP contribution in [0.1, 0.15) is 33.6 Å². The SMILES string of the molecule is CC1CN(C)CCC1NC(=O)N(CCC(=O)O)C(C)C. The fraction of sp³-hybridized carbons (Fsp3) is 0.857. The Kier molecular flexibility index (Phi) is 6.26. The van der Waals surface area contributed by atoms with E-state index in [1.165, 1.54) is 0 Å². The summed E-state index contributed by atoms with van der Waals surface area (Å²) in [5.74, 6) is -0.470. The quantitative estimate of drug-likeness (QED) is 0.796. The van der Waals surface area contributed by atoms with Gasteiger partial charge >= 0.3 is 12.0 Å². The van der Waals surface area contributed by atoms with E-state index in [2.05, 4.69) is 24.2 Å². The van der Waals surface area contributed by atoms with E-state index in [4.69, 9.17) is 5.11 Å². The van der Waals surface area contributed by atoms with Crippen LogP contribution in [0, 0.1) is 5.92 Å². The Morgan fingerprint density at radius 2 is 2.10 bits per heavy atom. The van der Waals surface area contributed by atoms with Gasteiger partial charge in [0.2, 0.25) is 0 Å². The molecule has 0 aromatic rings. The van der Waals surface area contributed by atoms with E-state index < -0.39 is 5.97 Å². The van der Waals surface area contributed by atoms with Gasteiger partial charge in [-0.15, -0.1) is 0 Å². The molecule has 1 heterocycles. The molecular formula is C14H27N3O3. The van der Waals surface area contributed by atoms with Gasteiger partial charge in [0.1, 0.15) is 0 Å². The van der Waals surface area contributed by atoms with Crippen molar-refractivity contribution in [2.75, 3.05) is 26.7 Å². The van der Waals surface area contributed by atoms with E-state index in [-0.39, 0.29) is 31.1 Å². The predicted octanol–water partition coefficient (Wildman–Crippen LogP) is 1.22. The van der Waals surface area contributed by atoms with Crippen LogP contribution in [0.3, 0.4) is 0 Å². The zero-order chi connectivity index (χ0) is 15.3. The Balaban J connectivity index is 2.55. The second-order valence-electron chi connectivity index (χ2n) is 6.02.